The molecular formula is C14H15FN4O2. The molecular weight excluding hydrogens is 275 g/mol. The van der Waals surface area contributed by atoms with Crippen molar-refractivity contribution in [2.75, 3.05) is 12.4 Å². The summed E-state index contributed by atoms with van der Waals surface area (Å²) in [5.41, 5.74) is 7.47. The van der Waals surface area contributed by atoms with Crippen LogP contribution in [-0.4, -0.2) is 23.1 Å². The Bertz CT molecular complexity index is 661. The van der Waals surface area contributed by atoms with Gasteiger partial charge in [-0.05, 0) is 29.8 Å². The number of halogens is 1. The minimum absolute atomic E-state index is 0.0553. The minimum Gasteiger partial charge on any atom is -0.494 e. The molecule has 0 unspecified atom stereocenters. The molecule has 1 aromatic heterocycles. The van der Waals surface area contributed by atoms with E-state index in [9.17, 15) is 4.39 Å². The second-order valence-electron chi connectivity index (χ2n) is 4.24. The van der Waals surface area contributed by atoms with Crippen LogP contribution in [0.1, 0.15) is 11.3 Å². The molecule has 4 N–H and O–H groups in total. The summed E-state index contributed by atoms with van der Waals surface area (Å²) in [4.78, 5) is 3.99. The molecule has 0 saturated heterocycles. The van der Waals surface area contributed by atoms with Crippen molar-refractivity contribution in [3.63, 3.8) is 0 Å². The summed E-state index contributed by atoms with van der Waals surface area (Å²) < 4.78 is 18.2. The molecule has 0 bridgehead atoms. The van der Waals surface area contributed by atoms with Crippen molar-refractivity contribution < 1.29 is 14.3 Å². The summed E-state index contributed by atoms with van der Waals surface area (Å²) in [5.74, 6) is -0.298. The summed E-state index contributed by atoms with van der Waals surface area (Å²) in [6.07, 6.45) is 1.57. The number of amidine groups is 1. The Morgan fingerprint density at radius 2 is 2.24 bits per heavy atom. The van der Waals surface area contributed by atoms with E-state index < -0.39 is 5.82 Å². The quantitative estimate of drug-likeness (QED) is 0.339. The van der Waals surface area contributed by atoms with E-state index in [1.807, 2.05) is 0 Å². The molecule has 0 radical (unpaired) electrons. The van der Waals surface area contributed by atoms with Gasteiger partial charge in [0, 0.05) is 24.5 Å². The maximum absolute atomic E-state index is 13.3. The van der Waals surface area contributed by atoms with E-state index in [0.717, 1.165) is 11.3 Å². The van der Waals surface area contributed by atoms with Crippen molar-refractivity contribution in [2.45, 2.75) is 6.54 Å². The number of nitrogens with one attached hydrogen (secondary N) is 1. The van der Waals surface area contributed by atoms with Crippen LogP contribution in [0.15, 0.2) is 41.7 Å². The number of anilines is 1. The number of methoxy groups -OCH3 is 1. The van der Waals surface area contributed by atoms with Gasteiger partial charge >= 0.3 is 0 Å². The first-order valence-electron chi connectivity index (χ1n) is 6.14. The van der Waals surface area contributed by atoms with Crippen molar-refractivity contribution in [3.05, 3.63) is 53.6 Å². The fourth-order valence-electron chi connectivity index (χ4n) is 1.75. The smallest absolute Gasteiger partial charge is 0.188 e. The fourth-order valence-corrected chi connectivity index (χ4v) is 1.75. The Morgan fingerprint density at radius 1 is 1.43 bits per heavy atom. The predicted octanol–water partition coefficient (Wildman–Crippen LogP) is 1.94. The Labute approximate surface area is 121 Å². The Morgan fingerprint density at radius 3 is 2.95 bits per heavy atom. The third-order valence-corrected chi connectivity index (χ3v) is 2.84. The first-order valence-corrected chi connectivity index (χ1v) is 6.14. The number of oxime groups is 1. The average molecular weight is 290 g/mol. The number of rotatable bonds is 5. The Hall–Kier alpha value is -2.83. The molecule has 0 atom stereocenters. The predicted molar refractivity (Wildman–Crippen MR) is 77.0 cm³/mol. The Balaban J connectivity index is 2.09. The van der Waals surface area contributed by atoms with Crippen LogP contribution in [0, 0.1) is 5.82 Å². The summed E-state index contributed by atoms with van der Waals surface area (Å²) >= 11 is 0. The van der Waals surface area contributed by atoms with Crippen molar-refractivity contribution >= 4 is 11.5 Å². The molecule has 7 heteroatoms. The minimum atomic E-state index is -0.416. The molecule has 1 aromatic carbocycles. The molecule has 0 amide bonds. The van der Waals surface area contributed by atoms with Crippen LogP contribution in [0.3, 0.4) is 0 Å². The van der Waals surface area contributed by atoms with Gasteiger partial charge in [-0.2, -0.15) is 0 Å². The highest BCUT2D eigenvalue weighted by Crippen LogP contribution is 2.21. The van der Waals surface area contributed by atoms with Crippen molar-refractivity contribution in [3.8, 4) is 5.75 Å². The zero-order chi connectivity index (χ0) is 15.2. The molecule has 0 fully saturated rings. The average Bonchev–Trinajstić information content (AvgIpc) is 2.53. The van der Waals surface area contributed by atoms with Gasteiger partial charge in [0.15, 0.2) is 17.4 Å². The lowest BCUT2D eigenvalue weighted by Crippen LogP contribution is -2.15. The lowest BCUT2D eigenvalue weighted by molar-refractivity contribution is 0.318. The summed E-state index contributed by atoms with van der Waals surface area (Å²) in [6, 6.07) is 8.00. The normalized spacial score (nSPS) is 11.2. The molecule has 0 aliphatic heterocycles. The van der Waals surface area contributed by atoms with Crippen LogP contribution in [0.2, 0.25) is 0 Å². The van der Waals surface area contributed by atoms with E-state index in [1.165, 1.54) is 13.2 Å². The molecule has 0 aliphatic carbocycles. The first kappa shape index (κ1) is 14.6. The van der Waals surface area contributed by atoms with Crippen molar-refractivity contribution in [2.24, 2.45) is 10.9 Å². The second-order valence-corrected chi connectivity index (χ2v) is 4.24. The molecule has 0 saturated carbocycles. The molecule has 1 heterocycles. The monoisotopic (exact) mass is 290 g/mol. The van der Waals surface area contributed by atoms with Crippen LogP contribution in [-0.2, 0) is 6.54 Å². The van der Waals surface area contributed by atoms with Crippen LogP contribution < -0.4 is 15.8 Å². The lowest BCUT2D eigenvalue weighted by atomic mass is 10.2. The van der Waals surface area contributed by atoms with Gasteiger partial charge < -0.3 is 21.0 Å². The number of ether oxygens (including phenoxy) is 1. The van der Waals surface area contributed by atoms with Gasteiger partial charge in [0.2, 0.25) is 0 Å². The number of hydrogen-bond acceptors (Lipinski definition) is 5. The number of aromatic nitrogens is 1. The number of hydrogen-bond donors (Lipinski definition) is 3. The fraction of sp³-hybridized carbons (Fsp3) is 0.143. The van der Waals surface area contributed by atoms with Crippen LogP contribution in [0.25, 0.3) is 0 Å². The van der Waals surface area contributed by atoms with E-state index in [-0.39, 0.29) is 11.6 Å². The van der Waals surface area contributed by atoms with Gasteiger partial charge in [0.05, 0.1) is 7.11 Å². The highest BCUT2D eigenvalue weighted by Gasteiger charge is 2.05. The summed E-state index contributed by atoms with van der Waals surface area (Å²) in [7, 11) is 1.41. The van der Waals surface area contributed by atoms with Crippen molar-refractivity contribution in [1.82, 2.24) is 4.98 Å². The third-order valence-electron chi connectivity index (χ3n) is 2.84. The summed E-state index contributed by atoms with van der Waals surface area (Å²) in [6.45, 7) is 0.475. The van der Waals surface area contributed by atoms with E-state index in [0.29, 0.717) is 12.2 Å². The maximum atomic E-state index is 13.3. The Kier molecular flexibility index (Phi) is 4.55. The standard InChI is InChI=1S/C14H15FN4O2/c1-21-13-7-10(2-3-11(13)15)18-8-9-4-5-17-12(6-9)14(16)19-20/h2-7,18,20H,8H2,1H3,(H2,16,19). The number of benzene rings is 1. The number of nitrogens with two attached hydrogens (primary N) is 1. The second kappa shape index (κ2) is 6.56. The van der Waals surface area contributed by atoms with Gasteiger partial charge in [0.1, 0.15) is 5.69 Å². The van der Waals surface area contributed by atoms with Gasteiger partial charge in [-0.15, -0.1) is 0 Å². The maximum Gasteiger partial charge on any atom is 0.188 e. The van der Waals surface area contributed by atoms with Crippen LogP contribution in [0.5, 0.6) is 5.75 Å². The molecule has 2 aromatic rings. The SMILES string of the molecule is COc1cc(NCc2ccnc(/C(N)=N/O)c2)ccc1F. The van der Waals surface area contributed by atoms with E-state index >= 15 is 0 Å². The molecule has 6 nitrogen and oxygen atoms in total. The third kappa shape index (κ3) is 3.59. The van der Waals surface area contributed by atoms with Gasteiger partial charge in [0.25, 0.3) is 0 Å². The van der Waals surface area contributed by atoms with Gasteiger partial charge in [-0.25, -0.2) is 4.39 Å². The van der Waals surface area contributed by atoms with E-state index in [1.54, 1.807) is 30.5 Å². The van der Waals surface area contributed by atoms with Gasteiger partial charge in [-0.1, -0.05) is 5.16 Å². The highest BCUT2D eigenvalue weighted by molar-refractivity contribution is 5.95. The van der Waals surface area contributed by atoms with Crippen LogP contribution in [0.4, 0.5) is 10.1 Å². The van der Waals surface area contributed by atoms with Crippen molar-refractivity contribution in [1.29, 1.82) is 0 Å². The van der Waals surface area contributed by atoms with E-state index in [2.05, 4.69) is 15.5 Å². The molecule has 110 valence electrons. The lowest BCUT2D eigenvalue weighted by Gasteiger charge is -2.09. The zero-order valence-corrected chi connectivity index (χ0v) is 11.4. The summed E-state index contributed by atoms with van der Waals surface area (Å²) in [5, 5.41) is 14.7. The largest absolute Gasteiger partial charge is 0.494 e. The van der Waals surface area contributed by atoms with Gasteiger partial charge in [-0.3, -0.25) is 4.98 Å². The molecule has 0 aliphatic rings. The first-order chi connectivity index (χ1) is 10.1. The number of nitrogens with zero attached hydrogens (tertiary/aromatic N) is 2. The zero-order valence-electron chi connectivity index (χ0n) is 11.4. The number of pyridine rings is 1. The molecule has 2 rings (SSSR count). The van der Waals surface area contributed by atoms with E-state index in [4.69, 9.17) is 15.7 Å². The molecule has 0 spiro atoms. The van der Waals surface area contributed by atoms with Crippen LogP contribution >= 0.6 is 0 Å². The topological polar surface area (TPSA) is 92.8 Å². The molecule has 21 heavy (non-hydrogen) atoms. The highest BCUT2D eigenvalue weighted by atomic mass is 19.1.